The van der Waals surface area contributed by atoms with Crippen molar-refractivity contribution >= 4 is 16.0 Å². The fourth-order valence-electron chi connectivity index (χ4n) is 0.0707. The summed E-state index contributed by atoms with van der Waals surface area (Å²) in [6.07, 6.45) is 0.830. The normalized spacial score (nSPS) is 10.1. The highest BCUT2D eigenvalue weighted by Gasteiger charge is 1.77. The highest BCUT2D eigenvalue weighted by Crippen LogP contribution is 1.78. The van der Waals surface area contributed by atoms with Gasteiger partial charge in [0.2, 0.25) is 0 Å². The molecule has 0 saturated carbocycles. The Kier molecular flexibility index (Phi) is 13.1. The molecule has 50 valence electrons. The van der Waals surface area contributed by atoms with Crippen molar-refractivity contribution in [3.63, 3.8) is 0 Å². The van der Waals surface area contributed by atoms with Gasteiger partial charge in [0, 0.05) is 0 Å². The quantitative estimate of drug-likeness (QED) is 0.242. The van der Waals surface area contributed by atoms with Gasteiger partial charge in [-0.3, -0.25) is 0 Å². The molecular formula is C5H15NOSi. The molecule has 0 rings (SSSR count). The fourth-order valence-corrected chi connectivity index (χ4v) is 0.0707. The zero-order valence-corrected chi connectivity index (χ0v) is 8.10. The van der Waals surface area contributed by atoms with E-state index in [1.165, 1.54) is 10.2 Å². The molecule has 0 aromatic heterocycles. The first kappa shape index (κ1) is 10.6. The van der Waals surface area contributed by atoms with E-state index in [4.69, 9.17) is 5.21 Å². The summed E-state index contributed by atoms with van der Waals surface area (Å²) in [5.41, 5.74) is 0.773. The SMILES string of the molecule is CCC(C)=NO.C[SiH3]. The van der Waals surface area contributed by atoms with Gasteiger partial charge in [-0.25, -0.2) is 0 Å². The van der Waals surface area contributed by atoms with Crippen LogP contribution in [0.3, 0.4) is 0 Å². The lowest BCUT2D eigenvalue weighted by molar-refractivity contribution is 0.317. The lowest BCUT2D eigenvalue weighted by Crippen LogP contribution is -1.83. The second-order valence-electron chi connectivity index (χ2n) is 1.19. The molecule has 0 aromatic rings. The largest absolute Gasteiger partial charge is 0.411 e. The maximum atomic E-state index is 7.92. The van der Waals surface area contributed by atoms with Crippen LogP contribution in [0.1, 0.15) is 20.3 Å². The molecule has 0 aromatic carbocycles. The van der Waals surface area contributed by atoms with Gasteiger partial charge in [-0.05, 0) is 23.6 Å². The van der Waals surface area contributed by atoms with Crippen molar-refractivity contribution in [1.29, 1.82) is 0 Å². The lowest BCUT2D eigenvalue weighted by atomic mass is 10.3. The first-order valence-electron chi connectivity index (χ1n) is 2.98. The molecule has 0 spiro atoms. The first-order chi connectivity index (χ1) is 3.81. The Balaban J connectivity index is 0. The third-order valence-electron chi connectivity index (χ3n) is 0.682. The van der Waals surface area contributed by atoms with Gasteiger partial charge in [-0.15, -0.1) is 0 Å². The summed E-state index contributed by atoms with van der Waals surface area (Å²) in [4.78, 5) is 0. The van der Waals surface area contributed by atoms with Crippen LogP contribution in [-0.2, 0) is 0 Å². The number of nitrogens with zero attached hydrogens (tertiary/aromatic N) is 1. The second kappa shape index (κ2) is 9.84. The summed E-state index contributed by atoms with van der Waals surface area (Å²) in [5.74, 6) is 0. The second-order valence-corrected chi connectivity index (χ2v) is 1.19. The van der Waals surface area contributed by atoms with Crippen LogP contribution in [0.15, 0.2) is 5.16 Å². The predicted octanol–water partition coefficient (Wildman–Crippen LogP) is 0.646. The zero-order valence-electron chi connectivity index (χ0n) is 6.10. The fraction of sp³-hybridized carbons (Fsp3) is 0.800. The van der Waals surface area contributed by atoms with Crippen molar-refractivity contribution in [1.82, 2.24) is 0 Å². The average molecular weight is 133 g/mol. The summed E-state index contributed by atoms with van der Waals surface area (Å²) < 4.78 is 0. The highest BCUT2D eigenvalue weighted by atomic mass is 28.1. The summed E-state index contributed by atoms with van der Waals surface area (Å²) in [6.45, 7) is 5.86. The van der Waals surface area contributed by atoms with Crippen molar-refractivity contribution in [2.45, 2.75) is 26.8 Å². The van der Waals surface area contributed by atoms with E-state index in [1.54, 1.807) is 6.92 Å². The standard InChI is InChI=1S/C4H9NO.CH6Si/c1-3-4(2)5-6;1-2/h6H,3H2,1-2H3;1-2H3. The molecule has 0 aliphatic heterocycles. The van der Waals surface area contributed by atoms with Crippen LogP contribution in [0.2, 0.25) is 6.55 Å². The predicted molar refractivity (Wildman–Crippen MR) is 41.0 cm³/mol. The van der Waals surface area contributed by atoms with E-state index < -0.39 is 0 Å². The van der Waals surface area contributed by atoms with Crippen LogP contribution in [0, 0.1) is 0 Å². The monoisotopic (exact) mass is 133 g/mol. The van der Waals surface area contributed by atoms with E-state index in [1.807, 2.05) is 6.92 Å². The molecule has 0 bridgehead atoms. The molecule has 0 saturated heterocycles. The van der Waals surface area contributed by atoms with Gasteiger partial charge in [-0.2, -0.15) is 0 Å². The third-order valence-corrected chi connectivity index (χ3v) is 0.682. The molecule has 2 nitrogen and oxygen atoms in total. The van der Waals surface area contributed by atoms with Gasteiger partial charge in [-0.1, -0.05) is 18.6 Å². The van der Waals surface area contributed by atoms with Crippen LogP contribution in [-0.4, -0.2) is 21.2 Å². The Bertz CT molecular complexity index is 63.4. The van der Waals surface area contributed by atoms with Crippen LogP contribution < -0.4 is 0 Å². The maximum Gasteiger partial charge on any atom is 0.0537 e. The molecule has 8 heavy (non-hydrogen) atoms. The number of hydrogen-bond acceptors (Lipinski definition) is 2. The van der Waals surface area contributed by atoms with Crippen LogP contribution >= 0.6 is 0 Å². The van der Waals surface area contributed by atoms with Gasteiger partial charge in [0.15, 0.2) is 0 Å². The Morgan fingerprint density at radius 3 is 2.00 bits per heavy atom. The van der Waals surface area contributed by atoms with E-state index in [2.05, 4.69) is 11.7 Å². The molecule has 1 N–H and O–H groups in total. The number of rotatable bonds is 1. The molecule has 3 heteroatoms. The van der Waals surface area contributed by atoms with Crippen molar-refractivity contribution in [3.8, 4) is 0 Å². The van der Waals surface area contributed by atoms with E-state index >= 15 is 0 Å². The Labute approximate surface area is 54.0 Å². The molecule has 0 unspecified atom stereocenters. The molecule has 0 heterocycles. The molecule has 0 aliphatic rings. The smallest absolute Gasteiger partial charge is 0.0537 e. The highest BCUT2D eigenvalue weighted by molar-refractivity contribution is 6.05. The first-order valence-corrected chi connectivity index (χ1v) is 4.98. The van der Waals surface area contributed by atoms with E-state index in [0.29, 0.717) is 0 Å². The minimum Gasteiger partial charge on any atom is -0.411 e. The van der Waals surface area contributed by atoms with Crippen molar-refractivity contribution < 1.29 is 5.21 Å². The van der Waals surface area contributed by atoms with E-state index in [9.17, 15) is 0 Å². The van der Waals surface area contributed by atoms with Crippen molar-refractivity contribution in [2.24, 2.45) is 5.16 Å². The van der Waals surface area contributed by atoms with Gasteiger partial charge in [0.1, 0.15) is 0 Å². The Hall–Kier alpha value is -0.313. The summed E-state index contributed by atoms with van der Waals surface area (Å²) in [5, 5.41) is 10.8. The Morgan fingerprint density at radius 1 is 1.62 bits per heavy atom. The molecule has 0 atom stereocenters. The summed E-state index contributed by atoms with van der Waals surface area (Å²) >= 11 is 0. The molecule has 0 amide bonds. The molecule has 0 radical (unpaired) electrons. The zero-order chi connectivity index (χ0) is 6.99. The topological polar surface area (TPSA) is 32.6 Å². The van der Waals surface area contributed by atoms with Crippen molar-refractivity contribution in [3.05, 3.63) is 0 Å². The van der Waals surface area contributed by atoms with Gasteiger partial charge in [0.25, 0.3) is 0 Å². The van der Waals surface area contributed by atoms with Gasteiger partial charge < -0.3 is 5.21 Å². The van der Waals surface area contributed by atoms with Crippen LogP contribution in [0.5, 0.6) is 0 Å². The lowest BCUT2D eigenvalue weighted by Gasteiger charge is -1.81. The average Bonchev–Trinajstić information content (AvgIpc) is 1.91. The third kappa shape index (κ3) is 9.19. The van der Waals surface area contributed by atoms with E-state index in [-0.39, 0.29) is 0 Å². The summed E-state index contributed by atoms with van der Waals surface area (Å²) in [6, 6.07) is 0. The number of oxime groups is 1. The summed E-state index contributed by atoms with van der Waals surface area (Å²) in [7, 11) is 1.31. The van der Waals surface area contributed by atoms with E-state index in [0.717, 1.165) is 12.1 Å². The van der Waals surface area contributed by atoms with Crippen LogP contribution in [0.4, 0.5) is 0 Å². The Morgan fingerprint density at radius 2 is 2.00 bits per heavy atom. The molecule has 0 fully saturated rings. The molecular weight excluding hydrogens is 118 g/mol. The van der Waals surface area contributed by atoms with Crippen molar-refractivity contribution in [2.75, 3.05) is 0 Å². The maximum absolute atomic E-state index is 7.92. The van der Waals surface area contributed by atoms with Gasteiger partial charge >= 0.3 is 0 Å². The molecule has 0 aliphatic carbocycles. The van der Waals surface area contributed by atoms with Crippen LogP contribution in [0.25, 0.3) is 0 Å². The van der Waals surface area contributed by atoms with Gasteiger partial charge in [0.05, 0.1) is 5.71 Å². The number of hydrogen-bond donors (Lipinski definition) is 1. The minimum absolute atomic E-state index is 0.773. The minimum atomic E-state index is 0.773.